The van der Waals surface area contributed by atoms with Crippen molar-refractivity contribution in [1.29, 1.82) is 0 Å². The second-order valence-corrected chi connectivity index (χ2v) is 3.52. The lowest BCUT2D eigenvalue weighted by atomic mass is 10.4. The van der Waals surface area contributed by atoms with Gasteiger partial charge >= 0.3 is 7.60 Å². The number of hydrogen-bond acceptors (Lipinski definition) is 3. The predicted octanol–water partition coefficient (Wildman–Crippen LogP) is 1.29. The normalized spacial score (nSPS) is 9.50. The minimum Gasteiger partial charge on any atom is -0.344 e. The van der Waals surface area contributed by atoms with Crippen LogP contribution in [0.25, 0.3) is 0 Å². The quantitative estimate of drug-likeness (QED) is 0.477. The summed E-state index contributed by atoms with van der Waals surface area (Å²) in [7, 11) is -3.68. The SMILES string of the molecule is CCCCP(=O)(O)O.N.N. The van der Waals surface area contributed by atoms with Crippen LogP contribution in [-0.2, 0) is 4.57 Å². The van der Waals surface area contributed by atoms with Crippen LogP contribution in [0.4, 0.5) is 0 Å². The summed E-state index contributed by atoms with van der Waals surface area (Å²) in [6.07, 6.45) is 1.49. The molecule has 0 radical (unpaired) electrons. The van der Waals surface area contributed by atoms with E-state index in [9.17, 15) is 4.57 Å². The molecule has 66 valence electrons. The Morgan fingerprint density at radius 1 is 1.30 bits per heavy atom. The minimum atomic E-state index is -3.68. The van der Waals surface area contributed by atoms with Gasteiger partial charge in [0.25, 0.3) is 0 Å². The molecule has 8 N–H and O–H groups in total. The van der Waals surface area contributed by atoms with Gasteiger partial charge in [0.05, 0.1) is 0 Å². The van der Waals surface area contributed by atoms with Crippen LogP contribution in [-0.4, -0.2) is 15.9 Å². The first-order valence-electron chi connectivity index (χ1n) is 2.61. The Morgan fingerprint density at radius 2 is 1.70 bits per heavy atom. The van der Waals surface area contributed by atoms with Crippen molar-refractivity contribution < 1.29 is 14.4 Å². The largest absolute Gasteiger partial charge is 0.344 e. The number of rotatable bonds is 3. The second-order valence-electron chi connectivity index (χ2n) is 1.74. The molecule has 0 aromatic carbocycles. The van der Waals surface area contributed by atoms with Gasteiger partial charge in [-0.3, -0.25) is 4.57 Å². The van der Waals surface area contributed by atoms with Crippen LogP contribution in [0.2, 0.25) is 0 Å². The lowest BCUT2D eigenvalue weighted by Crippen LogP contribution is -1.84. The maximum absolute atomic E-state index is 10.1. The van der Waals surface area contributed by atoms with Crippen molar-refractivity contribution >= 4 is 7.60 Å². The zero-order valence-corrected chi connectivity index (χ0v) is 7.18. The monoisotopic (exact) mass is 172 g/mol. The van der Waals surface area contributed by atoms with Crippen LogP contribution in [0, 0.1) is 0 Å². The molecule has 0 aliphatic heterocycles. The van der Waals surface area contributed by atoms with Crippen molar-refractivity contribution in [2.45, 2.75) is 19.8 Å². The summed E-state index contributed by atoms with van der Waals surface area (Å²) in [5, 5.41) is 0. The summed E-state index contributed by atoms with van der Waals surface area (Å²) in [6, 6.07) is 0. The van der Waals surface area contributed by atoms with Crippen molar-refractivity contribution in [3.05, 3.63) is 0 Å². The predicted molar refractivity (Wildman–Crippen MR) is 41.9 cm³/mol. The van der Waals surface area contributed by atoms with E-state index in [-0.39, 0.29) is 18.5 Å². The fourth-order valence-electron chi connectivity index (χ4n) is 0.364. The van der Waals surface area contributed by atoms with E-state index in [2.05, 4.69) is 0 Å². The zero-order valence-electron chi connectivity index (χ0n) is 6.29. The highest BCUT2D eigenvalue weighted by molar-refractivity contribution is 7.51. The first-order chi connectivity index (χ1) is 3.56. The summed E-state index contributed by atoms with van der Waals surface area (Å²) >= 11 is 0. The standard InChI is InChI=1S/C4H11O3P.2H3N/c1-2-3-4-8(5,6)7;;/h2-4H2,1H3,(H2,5,6,7);2*1H3. The highest BCUT2D eigenvalue weighted by Crippen LogP contribution is 2.34. The third-order valence-corrected chi connectivity index (χ3v) is 1.70. The highest BCUT2D eigenvalue weighted by atomic mass is 31.2. The Kier molecular flexibility index (Phi) is 11.9. The van der Waals surface area contributed by atoms with Crippen molar-refractivity contribution in [2.24, 2.45) is 0 Å². The van der Waals surface area contributed by atoms with Gasteiger partial charge in [-0.05, 0) is 6.42 Å². The van der Waals surface area contributed by atoms with E-state index in [0.29, 0.717) is 6.42 Å². The first kappa shape index (κ1) is 16.6. The molecule has 0 rings (SSSR count). The molecule has 0 aliphatic carbocycles. The van der Waals surface area contributed by atoms with Crippen LogP contribution in [0.3, 0.4) is 0 Å². The molecule has 0 aliphatic rings. The molecule has 0 fully saturated rings. The van der Waals surface area contributed by atoms with E-state index < -0.39 is 7.60 Å². The van der Waals surface area contributed by atoms with Crippen molar-refractivity contribution in [3.8, 4) is 0 Å². The van der Waals surface area contributed by atoms with Gasteiger partial charge in [-0.15, -0.1) is 0 Å². The molecule has 0 aromatic heterocycles. The van der Waals surface area contributed by atoms with Crippen LogP contribution in [0.15, 0.2) is 0 Å². The first-order valence-corrected chi connectivity index (χ1v) is 4.40. The Labute approximate surface area is 61.2 Å². The highest BCUT2D eigenvalue weighted by Gasteiger charge is 2.09. The topological polar surface area (TPSA) is 128 Å². The van der Waals surface area contributed by atoms with E-state index >= 15 is 0 Å². The molecule has 0 saturated heterocycles. The maximum Gasteiger partial charge on any atom is 0.325 e. The molecule has 5 nitrogen and oxygen atoms in total. The molecule has 0 amide bonds. The average molecular weight is 172 g/mol. The third-order valence-electron chi connectivity index (χ3n) is 0.803. The molecule has 0 saturated carbocycles. The van der Waals surface area contributed by atoms with Crippen LogP contribution < -0.4 is 12.3 Å². The van der Waals surface area contributed by atoms with E-state index in [1.807, 2.05) is 6.92 Å². The van der Waals surface area contributed by atoms with Gasteiger partial charge in [0, 0.05) is 6.16 Å². The van der Waals surface area contributed by atoms with Gasteiger partial charge in [-0.2, -0.15) is 0 Å². The molecular formula is C4H17N2O3P. The fourth-order valence-corrected chi connectivity index (χ4v) is 1.09. The van der Waals surface area contributed by atoms with Crippen molar-refractivity contribution in [3.63, 3.8) is 0 Å². The molecule has 0 spiro atoms. The van der Waals surface area contributed by atoms with Gasteiger partial charge in [-0.1, -0.05) is 13.3 Å². The molecule has 0 atom stereocenters. The van der Waals surface area contributed by atoms with Gasteiger partial charge in [0.2, 0.25) is 0 Å². The Morgan fingerprint density at radius 3 is 1.80 bits per heavy atom. The number of unbranched alkanes of at least 4 members (excludes halogenated alkanes) is 1. The van der Waals surface area contributed by atoms with E-state index in [1.54, 1.807) is 0 Å². The zero-order chi connectivity index (χ0) is 6.62. The summed E-state index contributed by atoms with van der Waals surface area (Å²) in [6.45, 7) is 1.90. The van der Waals surface area contributed by atoms with E-state index in [0.717, 1.165) is 6.42 Å². The molecule has 0 heterocycles. The summed E-state index contributed by atoms with van der Waals surface area (Å²) in [5.74, 6) is 0. The average Bonchev–Trinajstić information content (AvgIpc) is 1.59. The lowest BCUT2D eigenvalue weighted by molar-refractivity contribution is 0.371. The summed E-state index contributed by atoms with van der Waals surface area (Å²) < 4.78 is 10.1. The Balaban J connectivity index is -0.000000245. The molecular weight excluding hydrogens is 155 g/mol. The van der Waals surface area contributed by atoms with Gasteiger partial charge < -0.3 is 22.1 Å². The maximum atomic E-state index is 10.1. The molecule has 10 heavy (non-hydrogen) atoms. The minimum absolute atomic E-state index is 0. The van der Waals surface area contributed by atoms with Crippen LogP contribution in [0.1, 0.15) is 19.8 Å². The van der Waals surface area contributed by atoms with Gasteiger partial charge in [0.1, 0.15) is 0 Å². The van der Waals surface area contributed by atoms with Crippen LogP contribution in [0.5, 0.6) is 0 Å². The van der Waals surface area contributed by atoms with Crippen molar-refractivity contribution in [2.75, 3.05) is 6.16 Å². The molecule has 0 unspecified atom stereocenters. The molecule has 0 bridgehead atoms. The molecule has 6 heteroatoms. The molecule has 0 aromatic rings. The summed E-state index contributed by atoms with van der Waals surface area (Å²) in [5.41, 5.74) is 0. The fraction of sp³-hybridized carbons (Fsp3) is 1.00. The van der Waals surface area contributed by atoms with Crippen molar-refractivity contribution in [1.82, 2.24) is 12.3 Å². The smallest absolute Gasteiger partial charge is 0.325 e. The summed E-state index contributed by atoms with van der Waals surface area (Å²) in [4.78, 5) is 16.5. The second kappa shape index (κ2) is 7.18. The third kappa shape index (κ3) is 15.7. The van der Waals surface area contributed by atoms with Gasteiger partial charge in [0.15, 0.2) is 0 Å². The Hall–Kier alpha value is 0.0700. The number of hydrogen-bond donors (Lipinski definition) is 4. The lowest BCUT2D eigenvalue weighted by Gasteiger charge is -1.98. The van der Waals surface area contributed by atoms with Crippen LogP contribution >= 0.6 is 7.60 Å². The van der Waals surface area contributed by atoms with Gasteiger partial charge in [-0.25, -0.2) is 0 Å². The van der Waals surface area contributed by atoms with E-state index in [1.165, 1.54) is 0 Å². The Bertz CT molecular complexity index is 103. The van der Waals surface area contributed by atoms with E-state index in [4.69, 9.17) is 9.79 Å².